The molecule has 0 aliphatic heterocycles. The van der Waals surface area contributed by atoms with Crippen LogP contribution in [0.4, 0.5) is 5.95 Å². The Bertz CT molecular complexity index is 388. The van der Waals surface area contributed by atoms with Crippen LogP contribution in [-0.4, -0.2) is 54.5 Å². The molecule has 0 aliphatic rings. The topological polar surface area (TPSA) is 70.2 Å². The minimum Gasteiger partial charge on any atom is -0.353 e. The molecule has 0 atom stereocenters. The van der Waals surface area contributed by atoms with Crippen molar-refractivity contribution in [2.24, 2.45) is 0 Å². The van der Waals surface area contributed by atoms with Gasteiger partial charge in [0.05, 0.1) is 5.56 Å². The van der Waals surface area contributed by atoms with E-state index in [0.29, 0.717) is 18.1 Å². The molecule has 1 aromatic rings. The van der Waals surface area contributed by atoms with Crippen molar-refractivity contribution in [2.75, 3.05) is 39.0 Å². The van der Waals surface area contributed by atoms with E-state index in [1.165, 1.54) is 12.4 Å². The van der Waals surface area contributed by atoms with Crippen molar-refractivity contribution in [3.05, 3.63) is 30.6 Å². The molecule has 0 bridgehead atoms. The van der Waals surface area contributed by atoms with Crippen molar-refractivity contribution in [3.8, 4) is 0 Å². The van der Waals surface area contributed by atoms with Crippen molar-refractivity contribution < 1.29 is 4.79 Å². The van der Waals surface area contributed by atoms with Crippen molar-refractivity contribution in [3.63, 3.8) is 0 Å². The standard InChI is InChI=1S/C12H19N5O/c1-4-5-13-11(18)10-8-15-12(16-9-10)14-6-7-17(2)3/h4,8-9H,1,5-7H2,2-3H3,(H,13,18)(H,14,15,16). The van der Waals surface area contributed by atoms with E-state index in [2.05, 4.69) is 32.1 Å². The van der Waals surface area contributed by atoms with Gasteiger partial charge in [0.25, 0.3) is 5.91 Å². The van der Waals surface area contributed by atoms with Gasteiger partial charge in [-0.1, -0.05) is 6.08 Å². The van der Waals surface area contributed by atoms with Crippen LogP contribution in [0.1, 0.15) is 10.4 Å². The Morgan fingerprint density at radius 2 is 2.11 bits per heavy atom. The van der Waals surface area contributed by atoms with Crippen LogP contribution < -0.4 is 10.6 Å². The van der Waals surface area contributed by atoms with E-state index in [-0.39, 0.29) is 5.91 Å². The third-order valence-corrected chi connectivity index (χ3v) is 2.16. The van der Waals surface area contributed by atoms with Crippen molar-refractivity contribution >= 4 is 11.9 Å². The van der Waals surface area contributed by atoms with E-state index in [4.69, 9.17) is 0 Å². The van der Waals surface area contributed by atoms with Gasteiger partial charge in [-0.2, -0.15) is 0 Å². The fourth-order valence-electron chi connectivity index (χ4n) is 1.19. The third kappa shape index (κ3) is 4.92. The first kappa shape index (κ1) is 14.1. The number of aromatic nitrogens is 2. The largest absolute Gasteiger partial charge is 0.353 e. The van der Waals surface area contributed by atoms with Gasteiger partial charge < -0.3 is 15.5 Å². The van der Waals surface area contributed by atoms with Crippen LogP contribution in [0.3, 0.4) is 0 Å². The lowest BCUT2D eigenvalue weighted by molar-refractivity contribution is 0.0957. The minimum absolute atomic E-state index is 0.199. The van der Waals surface area contributed by atoms with E-state index < -0.39 is 0 Å². The normalized spacial score (nSPS) is 10.2. The van der Waals surface area contributed by atoms with Gasteiger partial charge in [-0.3, -0.25) is 4.79 Å². The van der Waals surface area contributed by atoms with Crippen molar-refractivity contribution in [2.45, 2.75) is 0 Å². The summed E-state index contributed by atoms with van der Waals surface area (Å²) in [4.78, 5) is 21.8. The van der Waals surface area contributed by atoms with E-state index in [9.17, 15) is 4.79 Å². The Kier molecular flexibility index (Phi) is 5.79. The van der Waals surface area contributed by atoms with E-state index in [0.717, 1.165) is 13.1 Å². The molecule has 1 aromatic heterocycles. The molecule has 98 valence electrons. The number of hydrogen-bond acceptors (Lipinski definition) is 5. The van der Waals surface area contributed by atoms with Crippen molar-refractivity contribution in [1.82, 2.24) is 20.2 Å². The van der Waals surface area contributed by atoms with E-state index >= 15 is 0 Å². The zero-order valence-electron chi connectivity index (χ0n) is 10.8. The molecule has 1 heterocycles. The van der Waals surface area contributed by atoms with Gasteiger partial charge in [-0.25, -0.2) is 9.97 Å². The van der Waals surface area contributed by atoms with Crippen LogP contribution in [0.5, 0.6) is 0 Å². The second-order valence-electron chi connectivity index (χ2n) is 4.02. The molecule has 0 saturated heterocycles. The summed E-state index contributed by atoms with van der Waals surface area (Å²) >= 11 is 0. The molecule has 1 amide bonds. The molecule has 0 spiro atoms. The second kappa shape index (κ2) is 7.39. The molecule has 18 heavy (non-hydrogen) atoms. The Hall–Kier alpha value is -1.95. The Morgan fingerprint density at radius 3 is 2.67 bits per heavy atom. The monoisotopic (exact) mass is 249 g/mol. The summed E-state index contributed by atoms with van der Waals surface area (Å²) in [5.74, 6) is 0.326. The van der Waals surface area contributed by atoms with Crippen molar-refractivity contribution in [1.29, 1.82) is 0 Å². The highest BCUT2D eigenvalue weighted by molar-refractivity contribution is 5.93. The zero-order valence-corrected chi connectivity index (χ0v) is 10.8. The number of nitrogens with one attached hydrogen (secondary N) is 2. The smallest absolute Gasteiger partial charge is 0.254 e. The number of rotatable bonds is 7. The SMILES string of the molecule is C=CCNC(=O)c1cnc(NCCN(C)C)nc1. The van der Waals surface area contributed by atoms with Gasteiger partial charge in [0.15, 0.2) is 0 Å². The maximum atomic E-state index is 11.6. The van der Waals surface area contributed by atoms with Crippen LogP contribution in [0, 0.1) is 0 Å². The van der Waals surface area contributed by atoms with Crippen LogP contribution in [0.15, 0.2) is 25.0 Å². The summed E-state index contributed by atoms with van der Waals surface area (Å²) in [7, 11) is 3.99. The first-order valence-corrected chi connectivity index (χ1v) is 5.73. The quantitative estimate of drug-likeness (QED) is 0.683. The number of amides is 1. The van der Waals surface area contributed by atoms with Gasteiger partial charge in [-0.05, 0) is 14.1 Å². The van der Waals surface area contributed by atoms with Gasteiger partial charge in [0.2, 0.25) is 5.95 Å². The van der Waals surface area contributed by atoms with Crippen LogP contribution in [-0.2, 0) is 0 Å². The fraction of sp³-hybridized carbons (Fsp3) is 0.417. The number of nitrogens with zero attached hydrogens (tertiary/aromatic N) is 3. The van der Waals surface area contributed by atoms with Gasteiger partial charge >= 0.3 is 0 Å². The summed E-state index contributed by atoms with van der Waals surface area (Å²) in [6, 6.07) is 0. The third-order valence-electron chi connectivity index (χ3n) is 2.16. The maximum absolute atomic E-state index is 11.6. The Labute approximate surface area is 107 Å². The highest BCUT2D eigenvalue weighted by Crippen LogP contribution is 1.99. The van der Waals surface area contributed by atoms with Crippen LogP contribution in [0.2, 0.25) is 0 Å². The lowest BCUT2D eigenvalue weighted by Crippen LogP contribution is -2.24. The molecule has 2 N–H and O–H groups in total. The molecule has 6 nitrogen and oxygen atoms in total. The molecule has 0 aromatic carbocycles. The number of likely N-dealkylation sites (N-methyl/N-ethyl adjacent to an activating group) is 1. The first-order valence-electron chi connectivity index (χ1n) is 5.73. The van der Waals surface area contributed by atoms with Gasteiger partial charge in [-0.15, -0.1) is 6.58 Å². The predicted octanol–water partition coefficient (Wildman–Crippen LogP) is 0.366. The number of anilines is 1. The van der Waals surface area contributed by atoms with E-state index in [1.807, 2.05) is 14.1 Å². The molecule has 6 heteroatoms. The summed E-state index contributed by atoms with van der Waals surface area (Å²) in [5, 5.41) is 5.74. The number of carbonyl (C=O) groups is 1. The summed E-state index contributed by atoms with van der Waals surface area (Å²) in [6.07, 6.45) is 4.63. The van der Waals surface area contributed by atoms with E-state index in [1.54, 1.807) is 6.08 Å². The molecule has 0 fully saturated rings. The molecule has 0 aliphatic carbocycles. The number of carbonyl (C=O) groups excluding carboxylic acids is 1. The number of hydrogen-bond donors (Lipinski definition) is 2. The van der Waals surface area contributed by atoms with Crippen LogP contribution in [0.25, 0.3) is 0 Å². The minimum atomic E-state index is -0.199. The maximum Gasteiger partial charge on any atom is 0.254 e. The molecule has 0 saturated carbocycles. The predicted molar refractivity (Wildman–Crippen MR) is 71.6 cm³/mol. The average Bonchev–Trinajstić information content (AvgIpc) is 2.36. The molecule has 0 radical (unpaired) electrons. The van der Waals surface area contributed by atoms with Crippen LogP contribution >= 0.6 is 0 Å². The summed E-state index contributed by atoms with van der Waals surface area (Å²) < 4.78 is 0. The highest BCUT2D eigenvalue weighted by Gasteiger charge is 2.05. The molecule has 1 rings (SSSR count). The zero-order chi connectivity index (χ0) is 13.4. The molecular formula is C12H19N5O. The summed E-state index contributed by atoms with van der Waals surface area (Å²) in [5.41, 5.74) is 0.440. The lowest BCUT2D eigenvalue weighted by Gasteiger charge is -2.10. The summed E-state index contributed by atoms with van der Waals surface area (Å²) in [6.45, 7) is 5.61. The molecular weight excluding hydrogens is 230 g/mol. The Balaban J connectivity index is 2.46. The second-order valence-corrected chi connectivity index (χ2v) is 4.02. The average molecular weight is 249 g/mol. The van der Waals surface area contributed by atoms with Gasteiger partial charge in [0, 0.05) is 32.0 Å². The Morgan fingerprint density at radius 1 is 1.44 bits per heavy atom. The fourth-order valence-corrected chi connectivity index (χ4v) is 1.19. The molecule has 0 unspecified atom stereocenters. The first-order chi connectivity index (χ1) is 8.63. The lowest BCUT2D eigenvalue weighted by atomic mass is 10.3. The highest BCUT2D eigenvalue weighted by atomic mass is 16.1. The van der Waals surface area contributed by atoms with Gasteiger partial charge in [0.1, 0.15) is 0 Å².